The summed E-state index contributed by atoms with van der Waals surface area (Å²) in [6.07, 6.45) is 1.27. The Labute approximate surface area is 157 Å². The summed E-state index contributed by atoms with van der Waals surface area (Å²) in [5.74, 6) is -0.574. The first-order valence-electron chi connectivity index (χ1n) is 7.99. The van der Waals surface area contributed by atoms with Crippen molar-refractivity contribution < 1.29 is 19.1 Å². The average molecular weight is 365 g/mol. The third kappa shape index (κ3) is 5.09. The quantitative estimate of drug-likeness (QED) is 0.463. The molecule has 0 aliphatic heterocycles. The summed E-state index contributed by atoms with van der Waals surface area (Å²) in [5, 5.41) is 14.8. The molecular formula is C20H19N3O4. The number of carbonyl (C=O) groups is 2. The van der Waals surface area contributed by atoms with E-state index in [9.17, 15) is 14.9 Å². The van der Waals surface area contributed by atoms with Gasteiger partial charge in [-0.1, -0.05) is 12.1 Å². The number of amides is 1. The normalized spacial score (nSPS) is 10.5. The lowest BCUT2D eigenvalue weighted by Crippen LogP contribution is -2.15. The Balaban J connectivity index is 2.17. The van der Waals surface area contributed by atoms with E-state index in [1.54, 1.807) is 36.4 Å². The number of esters is 1. The molecule has 0 unspecified atom stereocenters. The van der Waals surface area contributed by atoms with E-state index in [1.165, 1.54) is 20.4 Å². The van der Waals surface area contributed by atoms with Crippen LogP contribution in [0.15, 0.2) is 54.2 Å². The van der Waals surface area contributed by atoms with Crippen molar-refractivity contribution in [3.8, 4) is 11.8 Å². The first-order chi connectivity index (χ1) is 13.0. The smallest absolute Gasteiger partial charge is 0.337 e. The number of nitrogens with zero attached hydrogens (tertiary/aromatic N) is 1. The highest BCUT2D eigenvalue weighted by molar-refractivity contribution is 6.07. The van der Waals surface area contributed by atoms with E-state index in [1.807, 2.05) is 19.1 Å². The topological polar surface area (TPSA) is 100 Å². The van der Waals surface area contributed by atoms with Gasteiger partial charge in [0.05, 0.1) is 25.5 Å². The fraction of sp³-hybridized carbons (Fsp3) is 0.150. The van der Waals surface area contributed by atoms with Crippen molar-refractivity contribution in [2.24, 2.45) is 0 Å². The van der Waals surface area contributed by atoms with E-state index in [0.29, 0.717) is 22.7 Å². The van der Waals surface area contributed by atoms with Gasteiger partial charge in [-0.25, -0.2) is 4.79 Å². The second-order valence-corrected chi connectivity index (χ2v) is 5.54. The van der Waals surface area contributed by atoms with E-state index in [4.69, 9.17) is 4.74 Å². The van der Waals surface area contributed by atoms with Crippen LogP contribution in [0.2, 0.25) is 0 Å². The number of methoxy groups -OCH3 is 2. The molecule has 0 aliphatic carbocycles. The first kappa shape index (κ1) is 19.5. The summed E-state index contributed by atoms with van der Waals surface area (Å²) in [4.78, 5) is 24.0. The lowest BCUT2D eigenvalue weighted by molar-refractivity contribution is -0.112. The third-order valence-corrected chi connectivity index (χ3v) is 3.64. The lowest BCUT2D eigenvalue weighted by atomic mass is 10.2. The fourth-order valence-electron chi connectivity index (χ4n) is 2.27. The second kappa shape index (κ2) is 9.06. The molecule has 0 bridgehead atoms. The van der Waals surface area contributed by atoms with Crippen molar-refractivity contribution in [3.63, 3.8) is 0 Å². The molecule has 2 aromatic carbocycles. The SMILES string of the molecule is COC(=O)c1cccc(N/C=C(/C#N)C(=O)Nc2cc(C)ccc2OC)c1. The standard InChI is InChI=1S/C20H19N3O4/c1-13-7-8-18(26-2)17(9-13)23-19(24)15(11-21)12-22-16-6-4-5-14(10-16)20(25)27-3/h4-10,12,22H,1-3H3,(H,23,24)/b15-12-. The predicted octanol–water partition coefficient (Wildman–Crippen LogP) is 3.25. The molecule has 0 saturated carbocycles. The molecule has 2 N–H and O–H groups in total. The van der Waals surface area contributed by atoms with Gasteiger partial charge >= 0.3 is 5.97 Å². The van der Waals surface area contributed by atoms with Crippen molar-refractivity contribution in [2.45, 2.75) is 6.92 Å². The van der Waals surface area contributed by atoms with Crippen molar-refractivity contribution in [1.29, 1.82) is 5.26 Å². The maximum atomic E-state index is 12.4. The van der Waals surface area contributed by atoms with E-state index in [-0.39, 0.29) is 5.57 Å². The molecule has 138 valence electrons. The Morgan fingerprint density at radius 2 is 1.93 bits per heavy atom. The molecule has 2 rings (SSSR count). The summed E-state index contributed by atoms with van der Waals surface area (Å²) in [6, 6.07) is 13.7. The van der Waals surface area contributed by atoms with Gasteiger partial charge < -0.3 is 20.1 Å². The number of anilines is 2. The highest BCUT2D eigenvalue weighted by Crippen LogP contribution is 2.25. The maximum Gasteiger partial charge on any atom is 0.337 e. The Kier molecular flexibility index (Phi) is 6.55. The Morgan fingerprint density at radius 3 is 2.59 bits per heavy atom. The zero-order valence-corrected chi connectivity index (χ0v) is 15.2. The number of aryl methyl sites for hydroxylation is 1. The van der Waals surface area contributed by atoms with Gasteiger partial charge in [-0.3, -0.25) is 4.79 Å². The first-order valence-corrected chi connectivity index (χ1v) is 7.99. The third-order valence-electron chi connectivity index (χ3n) is 3.64. The molecule has 7 nitrogen and oxygen atoms in total. The van der Waals surface area contributed by atoms with E-state index >= 15 is 0 Å². The van der Waals surface area contributed by atoms with Crippen LogP contribution in [0, 0.1) is 18.3 Å². The van der Waals surface area contributed by atoms with Crippen LogP contribution in [0.3, 0.4) is 0 Å². The van der Waals surface area contributed by atoms with Gasteiger partial charge in [0.15, 0.2) is 0 Å². The molecule has 0 heterocycles. The Hall–Kier alpha value is -3.79. The summed E-state index contributed by atoms with van der Waals surface area (Å²) in [6.45, 7) is 1.88. The number of rotatable bonds is 6. The molecule has 2 aromatic rings. The maximum absolute atomic E-state index is 12.4. The number of ether oxygens (including phenoxy) is 2. The van der Waals surface area contributed by atoms with Gasteiger partial charge in [0.1, 0.15) is 17.4 Å². The molecule has 1 amide bonds. The van der Waals surface area contributed by atoms with Crippen LogP contribution in [0.5, 0.6) is 5.75 Å². The van der Waals surface area contributed by atoms with E-state index < -0.39 is 11.9 Å². The zero-order chi connectivity index (χ0) is 19.8. The molecule has 0 aliphatic rings. The van der Waals surface area contributed by atoms with Crippen molar-refractivity contribution in [2.75, 3.05) is 24.9 Å². The van der Waals surface area contributed by atoms with E-state index in [2.05, 4.69) is 15.4 Å². The molecule has 27 heavy (non-hydrogen) atoms. The minimum Gasteiger partial charge on any atom is -0.495 e. The van der Waals surface area contributed by atoms with Gasteiger partial charge in [0.2, 0.25) is 0 Å². The molecular weight excluding hydrogens is 346 g/mol. The minimum absolute atomic E-state index is 0.137. The van der Waals surface area contributed by atoms with E-state index in [0.717, 1.165) is 5.56 Å². The van der Waals surface area contributed by atoms with Gasteiger partial charge in [-0.05, 0) is 42.8 Å². The van der Waals surface area contributed by atoms with Gasteiger partial charge in [0, 0.05) is 11.9 Å². The highest BCUT2D eigenvalue weighted by atomic mass is 16.5. The summed E-state index contributed by atoms with van der Waals surface area (Å²) in [5.41, 5.74) is 2.15. The summed E-state index contributed by atoms with van der Waals surface area (Å²) < 4.78 is 9.88. The van der Waals surface area contributed by atoms with Crippen molar-refractivity contribution in [3.05, 3.63) is 65.4 Å². The molecule has 0 fully saturated rings. The minimum atomic E-state index is -0.585. The fourth-order valence-corrected chi connectivity index (χ4v) is 2.27. The van der Waals surface area contributed by atoms with Crippen LogP contribution in [-0.4, -0.2) is 26.1 Å². The largest absolute Gasteiger partial charge is 0.495 e. The van der Waals surface area contributed by atoms with Crippen LogP contribution in [0.25, 0.3) is 0 Å². The van der Waals surface area contributed by atoms with Crippen LogP contribution >= 0.6 is 0 Å². The molecule has 0 spiro atoms. The van der Waals surface area contributed by atoms with Crippen molar-refractivity contribution >= 4 is 23.3 Å². The van der Waals surface area contributed by atoms with Crippen LogP contribution in [-0.2, 0) is 9.53 Å². The zero-order valence-electron chi connectivity index (χ0n) is 15.2. The van der Waals surface area contributed by atoms with Crippen LogP contribution in [0.4, 0.5) is 11.4 Å². The number of hydrogen-bond acceptors (Lipinski definition) is 6. The van der Waals surface area contributed by atoms with Crippen molar-refractivity contribution in [1.82, 2.24) is 0 Å². The number of carbonyl (C=O) groups excluding carboxylic acids is 2. The molecule has 7 heteroatoms. The Bertz CT molecular complexity index is 929. The molecule has 0 atom stereocenters. The number of hydrogen-bond donors (Lipinski definition) is 2. The summed E-state index contributed by atoms with van der Waals surface area (Å²) in [7, 11) is 2.79. The van der Waals surface area contributed by atoms with Gasteiger partial charge in [-0.2, -0.15) is 5.26 Å². The van der Waals surface area contributed by atoms with Crippen LogP contribution in [0.1, 0.15) is 15.9 Å². The number of nitriles is 1. The average Bonchev–Trinajstić information content (AvgIpc) is 2.68. The van der Waals surface area contributed by atoms with Gasteiger partial charge in [0.25, 0.3) is 5.91 Å². The number of benzene rings is 2. The molecule has 0 radical (unpaired) electrons. The molecule has 0 aromatic heterocycles. The monoisotopic (exact) mass is 365 g/mol. The predicted molar refractivity (Wildman–Crippen MR) is 101 cm³/mol. The highest BCUT2D eigenvalue weighted by Gasteiger charge is 2.13. The lowest BCUT2D eigenvalue weighted by Gasteiger charge is -2.11. The second-order valence-electron chi connectivity index (χ2n) is 5.54. The Morgan fingerprint density at radius 1 is 1.15 bits per heavy atom. The van der Waals surface area contributed by atoms with Crippen LogP contribution < -0.4 is 15.4 Å². The van der Waals surface area contributed by atoms with Gasteiger partial charge in [-0.15, -0.1) is 0 Å². The summed E-state index contributed by atoms with van der Waals surface area (Å²) >= 11 is 0. The molecule has 0 saturated heterocycles. The number of nitrogens with one attached hydrogen (secondary N) is 2.